The monoisotopic (exact) mass is 490 g/mol. The summed E-state index contributed by atoms with van der Waals surface area (Å²) in [6.07, 6.45) is 30.7. The first-order chi connectivity index (χ1) is 15.2. The first-order valence-corrected chi connectivity index (χ1v) is 13.7. The molecule has 32 heavy (non-hydrogen) atoms. The molecule has 0 aromatic rings. The van der Waals surface area contributed by atoms with Gasteiger partial charge in [0.05, 0.1) is 12.9 Å². The van der Waals surface area contributed by atoms with Crippen LogP contribution >= 0.6 is 15.6 Å². The zero-order chi connectivity index (χ0) is 24.0. The SMILES string of the molecule is O=P(O)(O)O/C=C/C=C/C=C/C=C/C=C/C=C/CCCCCCCCCCOP(=O)(O)O. The van der Waals surface area contributed by atoms with Crippen molar-refractivity contribution in [1.82, 2.24) is 0 Å². The lowest BCUT2D eigenvalue weighted by molar-refractivity contribution is 0.193. The molecule has 0 aliphatic carbocycles. The minimum absolute atomic E-state index is 0.120. The molecular formula is C22H36O8P2. The second-order valence-corrected chi connectivity index (χ2v) is 9.26. The Hall–Kier alpha value is -1.50. The van der Waals surface area contributed by atoms with Crippen LogP contribution in [0, 0.1) is 0 Å². The topological polar surface area (TPSA) is 134 Å². The van der Waals surface area contributed by atoms with E-state index in [4.69, 9.17) is 19.6 Å². The van der Waals surface area contributed by atoms with Gasteiger partial charge in [0.2, 0.25) is 0 Å². The first-order valence-electron chi connectivity index (χ1n) is 10.6. The summed E-state index contributed by atoms with van der Waals surface area (Å²) in [5.41, 5.74) is 0. The fourth-order valence-corrected chi connectivity index (χ4v) is 3.05. The molecule has 0 heterocycles. The van der Waals surface area contributed by atoms with E-state index in [0.717, 1.165) is 31.9 Å². The molecule has 0 amide bonds. The van der Waals surface area contributed by atoms with E-state index in [0.29, 0.717) is 6.42 Å². The second-order valence-electron chi connectivity index (χ2n) is 6.83. The van der Waals surface area contributed by atoms with Gasteiger partial charge in [0.15, 0.2) is 0 Å². The molecule has 182 valence electrons. The Balaban J connectivity index is 3.54. The quantitative estimate of drug-likeness (QED) is 0.0749. The number of phosphoric ester groups is 2. The molecule has 10 heteroatoms. The number of hydrogen-bond donors (Lipinski definition) is 4. The van der Waals surface area contributed by atoms with Crippen LogP contribution in [0.2, 0.25) is 0 Å². The van der Waals surface area contributed by atoms with E-state index in [1.165, 1.54) is 31.8 Å². The van der Waals surface area contributed by atoms with Crippen molar-refractivity contribution in [2.45, 2.75) is 57.8 Å². The van der Waals surface area contributed by atoms with Gasteiger partial charge in [-0.3, -0.25) is 14.3 Å². The molecule has 0 saturated carbocycles. The molecule has 0 saturated heterocycles. The molecule has 0 aliphatic heterocycles. The highest BCUT2D eigenvalue weighted by Gasteiger charge is 2.12. The second kappa shape index (κ2) is 20.1. The van der Waals surface area contributed by atoms with Crippen molar-refractivity contribution in [3.63, 3.8) is 0 Å². The Morgan fingerprint density at radius 1 is 0.531 bits per heavy atom. The van der Waals surface area contributed by atoms with Crippen LogP contribution in [0.5, 0.6) is 0 Å². The van der Waals surface area contributed by atoms with Crippen LogP contribution in [-0.4, -0.2) is 26.2 Å². The van der Waals surface area contributed by atoms with E-state index < -0.39 is 15.6 Å². The molecule has 0 spiro atoms. The molecular weight excluding hydrogens is 454 g/mol. The highest BCUT2D eigenvalue weighted by molar-refractivity contribution is 7.46. The number of rotatable bonds is 19. The van der Waals surface area contributed by atoms with Gasteiger partial charge in [-0.15, -0.1) is 0 Å². The van der Waals surface area contributed by atoms with Crippen molar-refractivity contribution in [2.24, 2.45) is 0 Å². The third-order valence-electron chi connectivity index (χ3n) is 3.94. The van der Waals surface area contributed by atoms with Crippen LogP contribution in [-0.2, 0) is 18.2 Å². The first kappa shape index (κ1) is 30.5. The Bertz CT molecular complexity index is 726. The van der Waals surface area contributed by atoms with Crippen molar-refractivity contribution in [2.75, 3.05) is 6.61 Å². The number of unbranched alkanes of at least 4 members (excludes halogenated alkanes) is 8. The van der Waals surface area contributed by atoms with Crippen molar-refractivity contribution < 1.29 is 37.8 Å². The lowest BCUT2D eigenvalue weighted by Gasteiger charge is -2.04. The summed E-state index contributed by atoms with van der Waals surface area (Å²) >= 11 is 0. The number of hydrogen-bond acceptors (Lipinski definition) is 4. The van der Waals surface area contributed by atoms with Crippen LogP contribution in [0.3, 0.4) is 0 Å². The molecule has 0 atom stereocenters. The molecule has 4 N–H and O–H groups in total. The van der Waals surface area contributed by atoms with Gasteiger partial charge >= 0.3 is 15.6 Å². The maximum absolute atomic E-state index is 10.5. The summed E-state index contributed by atoms with van der Waals surface area (Å²) in [5, 5.41) is 0. The van der Waals surface area contributed by atoms with Crippen molar-refractivity contribution in [1.29, 1.82) is 0 Å². The Kier molecular flexibility index (Phi) is 19.2. The Morgan fingerprint density at radius 3 is 1.47 bits per heavy atom. The van der Waals surface area contributed by atoms with Crippen molar-refractivity contribution >= 4 is 15.6 Å². The predicted molar refractivity (Wildman–Crippen MR) is 128 cm³/mol. The maximum atomic E-state index is 10.5. The smallest absolute Gasteiger partial charge is 0.412 e. The molecule has 0 fully saturated rings. The van der Waals surface area contributed by atoms with Gasteiger partial charge < -0.3 is 14.3 Å². The van der Waals surface area contributed by atoms with Crippen LogP contribution < -0.4 is 0 Å². The van der Waals surface area contributed by atoms with E-state index in [1.807, 2.05) is 36.5 Å². The van der Waals surface area contributed by atoms with Gasteiger partial charge in [0, 0.05) is 0 Å². The van der Waals surface area contributed by atoms with Gasteiger partial charge in [0.1, 0.15) is 0 Å². The van der Waals surface area contributed by atoms with Gasteiger partial charge in [0.25, 0.3) is 0 Å². The van der Waals surface area contributed by atoms with Gasteiger partial charge in [-0.2, -0.15) is 0 Å². The minimum atomic E-state index is -4.45. The van der Waals surface area contributed by atoms with Crippen molar-refractivity contribution in [3.8, 4) is 0 Å². The van der Waals surface area contributed by atoms with E-state index in [-0.39, 0.29) is 6.61 Å². The maximum Gasteiger partial charge on any atom is 0.524 e. The van der Waals surface area contributed by atoms with E-state index >= 15 is 0 Å². The molecule has 0 rings (SSSR count). The zero-order valence-corrected chi connectivity index (χ0v) is 20.1. The summed E-state index contributed by atoms with van der Waals surface area (Å²) in [5.74, 6) is 0. The van der Waals surface area contributed by atoms with Crippen LogP contribution in [0.25, 0.3) is 0 Å². The van der Waals surface area contributed by atoms with Gasteiger partial charge in [-0.05, 0) is 25.3 Å². The van der Waals surface area contributed by atoms with E-state index in [9.17, 15) is 9.13 Å². The Labute approximate surface area is 191 Å². The normalized spacial score (nSPS) is 13.9. The number of allylic oxidation sites excluding steroid dienone is 11. The molecule has 0 aromatic heterocycles. The zero-order valence-electron chi connectivity index (χ0n) is 18.3. The van der Waals surface area contributed by atoms with E-state index in [1.54, 1.807) is 18.2 Å². The molecule has 0 aromatic carbocycles. The van der Waals surface area contributed by atoms with Gasteiger partial charge in [-0.1, -0.05) is 99.3 Å². The highest BCUT2D eigenvalue weighted by Crippen LogP contribution is 2.36. The van der Waals surface area contributed by atoms with Crippen molar-refractivity contribution in [3.05, 3.63) is 73.1 Å². The number of phosphoric acid groups is 2. The van der Waals surface area contributed by atoms with E-state index in [2.05, 4.69) is 15.1 Å². The minimum Gasteiger partial charge on any atom is -0.412 e. The average Bonchev–Trinajstić information content (AvgIpc) is 2.69. The average molecular weight is 490 g/mol. The van der Waals surface area contributed by atoms with Crippen LogP contribution in [0.4, 0.5) is 0 Å². The largest absolute Gasteiger partial charge is 0.524 e. The fourth-order valence-electron chi connectivity index (χ4n) is 2.46. The van der Waals surface area contributed by atoms with Crippen LogP contribution in [0.15, 0.2) is 73.1 Å². The van der Waals surface area contributed by atoms with Crippen LogP contribution in [0.1, 0.15) is 57.8 Å². The standard InChI is InChI=1S/C22H36O8P2/c23-31(24,25)29-21-19-17-15-13-11-9-7-5-3-1-2-4-6-8-10-12-14-16-18-20-22-30-32(26,27)28/h1-3,5,7,9,11,13,15,17,19,21H,4,6,8,10,12,14,16,18,20,22H2,(H2,23,24,25)(H2,26,27,28)/b2-1+,5-3+,9-7+,13-11+,17-15+,21-19+. The summed E-state index contributed by atoms with van der Waals surface area (Å²) in [4.78, 5) is 34.0. The summed E-state index contributed by atoms with van der Waals surface area (Å²) in [6.45, 7) is 0.120. The molecule has 0 unspecified atom stereocenters. The Morgan fingerprint density at radius 2 is 0.969 bits per heavy atom. The third kappa shape index (κ3) is 28.5. The molecule has 8 nitrogen and oxygen atoms in total. The predicted octanol–water partition coefficient (Wildman–Crippen LogP) is 6.01. The summed E-state index contributed by atoms with van der Waals surface area (Å²) < 4.78 is 29.5. The molecule has 0 radical (unpaired) electrons. The summed E-state index contributed by atoms with van der Waals surface area (Å²) in [6, 6.07) is 0. The third-order valence-corrected chi connectivity index (χ3v) is 4.85. The lowest BCUT2D eigenvalue weighted by Crippen LogP contribution is -1.92. The fraction of sp³-hybridized carbons (Fsp3) is 0.455. The van der Waals surface area contributed by atoms with Gasteiger partial charge in [-0.25, -0.2) is 9.13 Å². The summed E-state index contributed by atoms with van der Waals surface area (Å²) in [7, 11) is -8.76. The lowest BCUT2D eigenvalue weighted by atomic mass is 10.1. The molecule has 0 bridgehead atoms. The highest BCUT2D eigenvalue weighted by atomic mass is 31.2. The molecule has 0 aliphatic rings.